The highest BCUT2D eigenvalue weighted by atomic mass is 16.6. The lowest BCUT2D eigenvalue weighted by atomic mass is 10.1. The zero-order valence-electron chi connectivity index (χ0n) is 12.9. The van der Waals surface area contributed by atoms with Crippen LogP contribution in [-0.2, 0) is 16.1 Å². The molecule has 7 heteroatoms. The lowest BCUT2D eigenvalue weighted by molar-refractivity contribution is -0.384. The van der Waals surface area contributed by atoms with Gasteiger partial charge < -0.3 is 9.32 Å². The van der Waals surface area contributed by atoms with Crippen molar-refractivity contribution < 1.29 is 18.9 Å². The van der Waals surface area contributed by atoms with Crippen LogP contribution in [0.2, 0.25) is 0 Å². The highest BCUT2D eigenvalue weighted by Gasteiger charge is 2.24. The van der Waals surface area contributed by atoms with Gasteiger partial charge in [-0.3, -0.25) is 19.7 Å². The molecule has 1 aliphatic rings. The summed E-state index contributed by atoms with van der Waals surface area (Å²) in [5.41, 5.74) is 0.842. The van der Waals surface area contributed by atoms with E-state index in [1.54, 1.807) is 37.3 Å². The van der Waals surface area contributed by atoms with Crippen LogP contribution in [0.25, 0.3) is 11.3 Å². The van der Waals surface area contributed by atoms with Gasteiger partial charge in [0, 0.05) is 17.8 Å². The molecule has 0 saturated heterocycles. The monoisotopic (exact) mass is 326 g/mol. The van der Waals surface area contributed by atoms with E-state index in [-0.39, 0.29) is 30.3 Å². The summed E-state index contributed by atoms with van der Waals surface area (Å²) in [6, 6.07) is 9.59. The van der Waals surface area contributed by atoms with Crippen LogP contribution in [0.4, 0.5) is 5.69 Å². The van der Waals surface area contributed by atoms with Gasteiger partial charge in [0.1, 0.15) is 11.5 Å². The third-order valence-corrected chi connectivity index (χ3v) is 3.78. The first-order chi connectivity index (χ1) is 11.5. The third-order valence-electron chi connectivity index (χ3n) is 3.78. The van der Waals surface area contributed by atoms with Gasteiger partial charge in [-0.25, -0.2) is 0 Å². The molecule has 2 aromatic rings. The Hall–Kier alpha value is -3.22. The Bertz CT molecular complexity index is 865. The number of para-hydroxylation sites is 1. The minimum absolute atomic E-state index is 0.0474. The summed E-state index contributed by atoms with van der Waals surface area (Å²) in [7, 11) is 0. The average molecular weight is 326 g/mol. The molecule has 3 rings (SSSR count). The van der Waals surface area contributed by atoms with Gasteiger partial charge in [-0.05, 0) is 25.1 Å². The van der Waals surface area contributed by atoms with E-state index in [0.29, 0.717) is 22.7 Å². The highest BCUT2D eigenvalue weighted by Crippen LogP contribution is 2.31. The SMILES string of the molecule is CC1=CN(Cc2ccc(-c3ccccc3[N+](=O)[O-])o2)C(=O)CC1=O. The van der Waals surface area contributed by atoms with E-state index >= 15 is 0 Å². The van der Waals surface area contributed by atoms with Crippen LogP contribution in [0, 0.1) is 10.1 Å². The normalized spacial score (nSPS) is 14.7. The van der Waals surface area contributed by atoms with Crippen molar-refractivity contribution >= 4 is 17.4 Å². The first kappa shape index (κ1) is 15.7. The second-order valence-electron chi connectivity index (χ2n) is 5.47. The number of furan rings is 1. The minimum atomic E-state index is -0.469. The van der Waals surface area contributed by atoms with Gasteiger partial charge in [0.2, 0.25) is 5.91 Å². The van der Waals surface area contributed by atoms with Crippen molar-refractivity contribution in [1.82, 2.24) is 4.90 Å². The number of hydrogen-bond acceptors (Lipinski definition) is 5. The standard InChI is InChI=1S/C17H14N2O5/c1-11-9-18(17(21)8-15(11)20)10-12-6-7-16(24-12)13-4-2-3-5-14(13)19(22)23/h2-7,9H,8,10H2,1H3. The lowest BCUT2D eigenvalue weighted by Crippen LogP contribution is -2.32. The summed E-state index contributed by atoms with van der Waals surface area (Å²) in [4.78, 5) is 35.4. The number of nitro groups is 1. The van der Waals surface area contributed by atoms with Crippen molar-refractivity contribution in [3.05, 3.63) is 64.0 Å². The van der Waals surface area contributed by atoms with Gasteiger partial charge in [0.25, 0.3) is 5.69 Å². The van der Waals surface area contributed by atoms with Crippen molar-refractivity contribution in [2.45, 2.75) is 19.9 Å². The van der Waals surface area contributed by atoms with Gasteiger partial charge in [0.15, 0.2) is 5.78 Å². The Morgan fingerprint density at radius 1 is 1.21 bits per heavy atom. The number of nitro benzene ring substituents is 1. The minimum Gasteiger partial charge on any atom is -0.459 e. The van der Waals surface area contributed by atoms with Crippen LogP contribution < -0.4 is 0 Å². The fraction of sp³-hybridized carbons (Fsp3) is 0.176. The molecular formula is C17H14N2O5. The molecule has 1 amide bonds. The molecule has 0 atom stereocenters. The Morgan fingerprint density at radius 3 is 2.71 bits per heavy atom. The molecule has 24 heavy (non-hydrogen) atoms. The number of allylic oxidation sites excluding steroid dienone is 1. The van der Waals surface area contributed by atoms with E-state index in [1.807, 2.05) is 0 Å². The van der Waals surface area contributed by atoms with E-state index in [0.717, 1.165) is 0 Å². The largest absolute Gasteiger partial charge is 0.459 e. The van der Waals surface area contributed by atoms with Crippen LogP contribution >= 0.6 is 0 Å². The Kier molecular flexibility index (Phi) is 3.99. The van der Waals surface area contributed by atoms with Crippen molar-refractivity contribution in [3.63, 3.8) is 0 Å². The molecule has 0 N–H and O–H groups in total. The average Bonchev–Trinajstić information content (AvgIpc) is 3.01. The van der Waals surface area contributed by atoms with Gasteiger partial charge >= 0.3 is 0 Å². The molecule has 1 aromatic heterocycles. The van der Waals surface area contributed by atoms with Crippen LogP contribution in [0.15, 0.2) is 52.6 Å². The second-order valence-corrected chi connectivity index (χ2v) is 5.47. The maximum Gasteiger partial charge on any atom is 0.280 e. The number of ketones is 1. The van der Waals surface area contributed by atoms with E-state index in [1.165, 1.54) is 17.2 Å². The zero-order chi connectivity index (χ0) is 17.3. The smallest absolute Gasteiger partial charge is 0.280 e. The van der Waals surface area contributed by atoms with E-state index in [4.69, 9.17) is 4.42 Å². The maximum absolute atomic E-state index is 11.9. The zero-order valence-corrected chi connectivity index (χ0v) is 12.9. The number of carbonyl (C=O) groups excluding carboxylic acids is 2. The Labute approximate surface area is 137 Å². The van der Waals surface area contributed by atoms with Crippen molar-refractivity contribution in [2.24, 2.45) is 0 Å². The summed E-state index contributed by atoms with van der Waals surface area (Å²) in [5.74, 6) is 0.360. The van der Waals surface area contributed by atoms with Gasteiger partial charge in [-0.1, -0.05) is 12.1 Å². The molecule has 1 aromatic carbocycles. The molecule has 0 radical (unpaired) electrons. The summed E-state index contributed by atoms with van der Waals surface area (Å²) < 4.78 is 5.66. The number of benzene rings is 1. The summed E-state index contributed by atoms with van der Waals surface area (Å²) in [6.45, 7) is 1.83. The first-order valence-electron chi connectivity index (χ1n) is 7.29. The van der Waals surface area contributed by atoms with Gasteiger partial charge in [-0.2, -0.15) is 0 Å². The molecule has 0 spiro atoms. The van der Waals surface area contributed by atoms with Crippen LogP contribution in [0.1, 0.15) is 19.1 Å². The fourth-order valence-corrected chi connectivity index (χ4v) is 2.51. The summed E-state index contributed by atoms with van der Waals surface area (Å²) in [6.07, 6.45) is 1.35. The number of amides is 1. The molecule has 0 aliphatic carbocycles. The van der Waals surface area contributed by atoms with E-state index < -0.39 is 4.92 Å². The number of Topliss-reactive ketones (excluding diaryl/α,β-unsaturated/α-hetero) is 1. The van der Waals surface area contributed by atoms with Gasteiger partial charge in [0.05, 0.1) is 23.5 Å². The van der Waals surface area contributed by atoms with Crippen molar-refractivity contribution in [2.75, 3.05) is 0 Å². The summed E-state index contributed by atoms with van der Waals surface area (Å²) >= 11 is 0. The predicted molar refractivity (Wildman–Crippen MR) is 84.7 cm³/mol. The predicted octanol–water partition coefficient (Wildman–Crippen LogP) is 3.06. The molecule has 1 aliphatic heterocycles. The number of hydrogen-bond donors (Lipinski definition) is 0. The Morgan fingerprint density at radius 2 is 1.96 bits per heavy atom. The Balaban J connectivity index is 1.86. The fourth-order valence-electron chi connectivity index (χ4n) is 2.51. The highest BCUT2D eigenvalue weighted by molar-refractivity contribution is 6.09. The molecule has 7 nitrogen and oxygen atoms in total. The molecule has 122 valence electrons. The maximum atomic E-state index is 11.9. The topological polar surface area (TPSA) is 93.7 Å². The van der Waals surface area contributed by atoms with Crippen molar-refractivity contribution in [1.29, 1.82) is 0 Å². The summed E-state index contributed by atoms with van der Waals surface area (Å²) in [5, 5.41) is 11.1. The van der Waals surface area contributed by atoms with Crippen molar-refractivity contribution in [3.8, 4) is 11.3 Å². The first-order valence-corrected chi connectivity index (χ1v) is 7.29. The molecular weight excluding hydrogens is 312 g/mol. The second kappa shape index (κ2) is 6.11. The number of carbonyl (C=O) groups is 2. The molecule has 2 heterocycles. The molecule has 0 bridgehead atoms. The number of rotatable bonds is 4. The molecule has 0 saturated carbocycles. The van der Waals surface area contributed by atoms with E-state index in [9.17, 15) is 19.7 Å². The van der Waals surface area contributed by atoms with Crippen LogP contribution in [0.5, 0.6) is 0 Å². The molecule has 0 fully saturated rings. The molecule has 0 unspecified atom stereocenters. The van der Waals surface area contributed by atoms with Crippen LogP contribution in [0.3, 0.4) is 0 Å². The van der Waals surface area contributed by atoms with Crippen LogP contribution in [-0.4, -0.2) is 21.5 Å². The van der Waals surface area contributed by atoms with E-state index in [2.05, 4.69) is 0 Å². The number of nitrogens with zero attached hydrogens (tertiary/aromatic N) is 2. The third kappa shape index (κ3) is 2.96. The van der Waals surface area contributed by atoms with Gasteiger partial charge in [-0.15, -0.1) is 0 Å². The lowest BCUT2D eigenvalue weighted by Gasteiger charge is -2.21. The quantitative estimate of drug-likeness (QED) is 0.489.